The quantitative estimate of drug-likeness (QED) is 0.815. The first-order valence-corrected chi connectivity index (χ1v) is 4.38. The average Bonchev–Trinajstić information content (AvgIpc) is 2.26. The van der Waals surface area contributed by atoms with Crippen LogP contribution in [0, 0.1) is 0 Å². The van der Waals surface area contributed by atoms with Crippen molar-refractivity contribution in [2.75, 3.05) is 0 Å². The smallest absolute Gasteiger partial charge is 0.330 e. The molecule has 0 aliphatic carbocycles. The fourth-order valence-corrected chi connectivity index (χ4v) is 1.14. The second kappa shape index (κ2) is 5.20. The van der Waals surface area contributed by atoms with Crippen molar-refractivity contribution in [3.63, 3.8) is 0 Å². The molecule has 2 N–H and O–H groups in total. The highest BCUT2D eigenvalue weighted by atomic mass is 19.3. The predicted molar refractivity (Wildman–Crippen MR) is 51.0 cm³/mol. The second-order valence-corrected chi connectivity index (χ2v) is 2.99. The van der Waals surface area contributed by atoms with E-state index in [9.17, 15) is 18.4 Å². The fourth-order valence-electron chi connectivity index (χ4n) is 1.14. The molecule has 4 nitrogen and oxygen atoms in total. The Labute approximate surface area is 89.9 Å². The van der Waals surface area contributed by atoms with Gasteiger partial charge >= 0.3 is 12.4 Å². The standard InChI is InChI=1S/C10H9F2NO3/c11-8(12)9(14)13-7(10(15)16)6-4-2-1-3-5-6/h1-5,7-8H,(H,13,14)(H,15,16)/t7-/m0/s1. The topological polar surface area (TPSA) is 66.4 Å². The largest absolute Gasteiger partial charge is 0.479 e. The zero-order valence-electron chi connectivity index (χ0n) is 8.06. The van der Waals surface area contributed by atoms with Gasteiger partial charge in [-0.1, -0.05) is 30.3 Å². The molecule has 0 aromatic heterocycles. The minimum atomic E-state index is -3.23. The van der Waals surface area contributed by atoms with E-state index in [0.717, 1.165) is 0 Å². The van der Waals surface area contributed by atoms with Crippen LogP contribution < -0.4 is 5.32 Å². The van der Waals surface area contributed by atoms with E-state index >= 15 is 0 Å². The van der Waals surface area contributed by atoms with E-state index in [1.165, 1.54) is 12.1 Å². The number of aliphatic carboxylic acids is 1. The van der Waals surface area contributed by atoms with E-state index in [2.05, 4.69) is 0 Å². The molecule has 86 valence electrons. The summed E-state index contributed by atoms with van der Waals surface area (Å²) < 4.78 is 23.9. The van der Waals surface area contributed by atoms with Crippen molar-refractivity contribution in [1.82, 2.24) is 5.32 Å². The van der Waals surface area contributed by atoms with E-state index < -0.39 is 24.3 Å². The molecule has 1 rings (SSSR count). The van der Waals surface area contributed by atoms with Crippen LogP contribution in [0.5, 0.6) is 0 Å². The predicted octanol–water partition coefficient (Wildman–Crippen LogP) is 1.19. The molecule has 1 atom stereocenters. The minimum Gasteiger partial charge on any atom is -0.479 e. The first kappa shape index (κ1) is 12.1. The third-order valence-corrected chi connectivity index (χ3v) is 1.86. The second-order valence-electron chi connectivity index (χ2n) is 2.99. The fraction of sp³-hybridized carbons (Fsp3) is 0.200. The lowest BCUT2D eigenvalue weighted by atomic mass is 10.1. The number of rotatable bonds is 4. The molecule has 0 saturated carbocycles. The lowest BCUT2D eigenvalue weighted by molar-refractivity contribution is -0.144. The molecule has 1 aromatic carbocycles. The number of nitrogens with one attached hydrogen (secondary N) is 1. The van der Waals surface area contributed by atoms with Crippen molar-refractivity contribution < 1.29 is 23.5 Å². The molecule has 0 aliphatic rings. The molecule has 0 saturated heterocycles. The van der Waals surface area contributed by atoms with Crippen molar-refractivity contribution in [2.45, 2.75) is 12.5 Å². The number of carbonyl (C=O) groups is 2. The van der Waals surface area contributed by atoms with Gasteiger partial charge in [-0.3, -0.25) is 4.79 Å². The van der Waals surface area contributed by atoms with Crippen LogP contribution in [0.3, 0.4) is 0 Å². The van der Waals surface area contributed by atoms with Gasteiger partial charge in [-0.25, -0.2) is 4.79 Å². The highest BCUT2D eigenvalue weighted by molar-refractivity contribution is 5.86. The monoisotopic (exact) mass is 229 g/mol. The van der Waals surface area contributed by atoms with Crippen LogP contribution in [-0.4, -0.2) is 23.4 Å². The number of halogens is 2. The summed E-state index contributed by atoms with van der Waals surface area (Å²) in [5.74, 6) is -2.99. The van der Waals surface area contributed by atoms with Crippen molar-refractivity contribution in [1.29, 1.82) is 0 Å². The van der Waals surface area contributed by atoms with Crippen LogP contribution in [0.1, 0.15) is 11.6 Å². The van der Waals surface area contributed by atoms with Gasteiger partial charge < -0.3 is 10.4 Å². The van der Waals surface area contributed by atoms with E-state index in [1.807, 2.05) is 0 Å². The van der Waals surface area contributed by atoms with Gasteiger partial charge in [0.05, 0.1) is 0 Å². The van der Waals surface area contributed by atoms with Crippen molar-refractivity contribution in [2.24, 2.45) is 0 Å². The SMILES string of the molecule is O=C(N[C@H](C(=O)O)c1ccccc1)C(F)F. The molecule has 0 radical (unpaired) electrons. The zero-order valence-corrected chi connectivity index (χ0v) is 8.06. The number of benzene rings is 1. The summed E-state index contributed by atoms with van der Waals surface area (Å²) in [6.07, 6.45) is -3.23. The first-order chi connectivity index (χ1) is 7.52. The van der Waals surface area contributed by atoms with Crippen LogP contribution in [0.4, 0.5) is 8.78 Å². The molecule has 6 heteroatoms. The van der Waals surface area contributed by atoms with Gasteiger partial charge in [0, 0.05) is 0 Å². The summed E-state index contributed by atoms with van der Waals surface area (Å²) in [4.78, 5) is 21.5. The molecule has 16 heavy (non-hydrogen) atoms. The molecule has 1 amide bonds. The Hall–Kier alpha value is -1.98. The van der Waals surface area contributed by atoms with E-state index in [4.69, 9.17) is 5.11 Å². The number of carboxylic acids is 1. The van der Waals surface area contributed by atoms with E-state index in [0.29, 0.717) is 0 Å². The average molecular weight is 229 g/mol. The summed E-state index contributed by atoms with van der Waals surface area (Å²) in [5.41, 5.74) is 0.240. The maximum Gasteiger partial charge on any atom is 0.330 e. The van der Waals surface area contributed by atoms with Crippen molar-refractivity contribution in [3.05, 3.63) is 35.9 Å². The number of carboxylic acid groups (broad SMARTS) is 1. The van der Waals surface area contributed by atoms with Crippen LogP contribution in [0.2, 0.25) is 0 Å². The number of amides is 1. The number of hydrogen-bond donors (Lipinski definition) is 2. The Bertz CT molecular complexity index is 381. The highest BCUT2D eigenvalue weighted by Gasteiger charge is 2.25. The van der Waals surface area contributed by atoms with Crippen LogP contribution in [0.15, 0.2) is 30.3 Å². The lowest BCUT2D eigenvalue weighted by Crippen LogP contribution is -2.37. The Kier molecular flexibility index (Phi) is 3.93. The minimum absolute atomic E-state index is 0.240. The zero-order chi connectivity index (χ0) is 12.1. The van der Waals surface area contributed by atoms with Crippen molar-refractivity contribution >= 4 is 11.9 Å². The van der Waals surface area contributed by atoms with Crippen LogP contribution in [0.25, 0.3) is 0 Å². The molecule has 0 bridgehead atoms. The molecule has 0 aliphatic heterocycles. The van der Waals surface area contributed by atoms with Gasteiger partial charge in [0.1, 0.15) is 0 Å². The maximum atomic E-state index is 12.0. The van der Waals surface area contributed by atoms with Gasteiger partial charge in [0.25, 0.3) is 5.91 Å². The summed E-state index contributed by atoms with van der Waals surface area (Å²) in [5, 5.41) is 10.5. The summed E-state index contributed by atoms with van der Waals surface area (Å²) in [6.45, 7) is 0. The van der Waals surface area contributed by atoms with Gasteiger partial charge in [-0.15, -0.1) is 0 Å². The molecule has 0 heterocycles. The maximum absolute atomic E-state index is 12.0. The summed E-state index contributed by atoms with van der Waals surface area (Å²) in [7, 11) is 0. The Morgan fingerprint density at radius 2 is 1.75 bits per heavy atom. The van der Waals surface area contributed by atoms with Gasteiger partial charge in [0.2, 0.25) is 0 Å². The summed E-state index contributed by atoms with van der Waals surface area (Å²) >= 11 is 0. The van der Waals surface area contributed by atoms with E-state index in [-0.39, 0.29) is 5.56 Å². The Morgan fingerprint density at radius 3 is 2.19 bits per heavy atom. The van der Waals surface area contributed by atoms with Gasteiger partial charge in [-0.2, -0.15) is 8.78 Å². The van der Waals surface area contributed by atoms with E-state index in [1.54, 1.807) is 23.5 Å². The lowest BCUT2D eigenvalue weighted by Gasteiger charge is -2.14. The van der Waals surface area contributed by atoms with Crippen LogP contribution in [-0.2, 0) is 9.59 Å². The first-order valence-electron chi connectivity index (χ1n) is 4.38. The Morgan fingerprint density at radius 1 is 1.19 bits per heavy atom. The van der Waals surface area contributed by atoms with Crippen LogP contribution >= 0.6 is 0 Å². The van der Waals surface area contributed by atoms with Crippen molar-refractivity contribution in [3.8, 4) is 0 Å². The molecule has 0 unspecified atom stereocenters. The molecule has 0 fully saturated rings. The third-order valence-electron chi connectivity index (χ3n) is 1.86. The number of carbonyl (C=O) groups excluding carboxylic acids is 1. The molecular formula is C10H9F2NO3. The van der Waals surface area contributed by atoms with Gasteiger partial charge in [0.15, 0.2) is 6.04 Å². The number of hydrogen-bond acceptors (Lipinski definition) is 2. The molecule has 0 spiro atoms. The third kappa shape index (κ3) is 3.01. The highest BCUT2D eigenvalue weighted by Crippen LogP contribution is 2.13. The summed E-state index contributed by atoms with van der Waals surface area (Å²) in [6, 6.07) is 6.18. The molecule has 1 aromatic rings. The Balaban J connectivity index is 2.85. The van der Waals surface area contributed by atoms with Gasteiger partial charge in [-0.05, 0) is 5.56 Å². The normalized spacial score (nSPS) is 12.2. The molecular weight excluding hydrogens is 220 g/mol. The number of alkyl halides is 2.